The van der Waals surface area contributed by atoms with Gasteiger partial charge < -0.3 is 9.67 Å². The van der Waals surface area contributed by atoms with Gasteiger partial charge in [0.25, 0.3) is 5.91 Å². The second-order valence-electron chi connectivity index (χ2n) is 11.3. The minimum Gasteiger partial charge on any atom is -0.385 e. The summed E-state index contributed by atoms with van der Waals surface area (Å²) in [4.78, 5) is 23.4. The predicted octanol–water partition coefficient (Wildman–Crippen LogP) is 6.52. The largest absolute Gasteiger partial charge is 0.416 e. The van der Waals surface area contributed by atoms with Gasteiger partial charge in [0.1, 0.15) is 12.1 Å². The van der Waals surface area contributed by atoms with E-state index in [2.05, 4.69) is 15.0 Å². The van der Waals surface area contributed by atoms with Crippen molar-refractivity contribution in [3.8, 4) is 22.5 Å². The van der Waals surface area contributed by atoms with Crippen LogP contribution in [0.25, 0.3) is 27.4 Å². The second kappa shape index (κ2) is 9.22. The zero-order valence-corrected chi connectivity index (χ0v) is 22.6. The van der Waals surface area contributed by atoms with Crippen LogP contribution in [-0.2, 0) is 25.4 Å². The highest BCUT2D eigenvalue weighted by Crippen LogP contribution is 2.47. The van der Waals surface area contributed by atoms with Crippen LogP contribution in [0.15, 0.2) is 48.8 Å². The number of pyridine rings is 1. The van der Waals surface area contributed by atoms with Crippen molar-refractivity contribution < 1.29 is 23.1 Å². The number of hydrogen-bond acceptors (Lipinski definition) is 5. The molecule has 212 valence electrons. The van der Waals surface area contributed by atoms with Crippen LogP contribution in [0.1, 0.15) is 70.8 Å². The number of hydrogen-bond donors (Lipinski definition) is 1. The maximum absolute atomic E-state index is 14.3. The highest BCUT2D eigenvalue weighted by Gasteiger charge is 2.45. The molecule has 3 aliphatic rings. The van der Waals surface area contributed by atoms with E-state index in [4.69, 9.17) is 11.6 Å². The number of carbonyl (C=O) groups is 1. The summed E-state index contributed by atoms with van der Waals surface area (Å²) in [5.74, 6) is 0.409. The number of benzene rings is 2. The Kier molecular flexibility index (Phi) is 5.79. The number of rotatable bonds is 5. The number of aromatic nitrogens is 4. The fraction of sp³-hybridized carbons (Fsp3) is 0.323. The fourth-order valence-electron chi connectivity index (χ4n) is 5.90. The van der Waals surface area contributed by atoms with E-state index in [-0.39, 0.29) is 35.0 Å². The molecule has 0 bridgehead atoms. The van der Waals surface area contributed by atoms with Crippen molar-refractivity contribution >= 4 is 17.4 Å². The van der Waals surface area contributed by atoms with Gasteiger partial charge in [-0.25, -0.2) is 9.83 Å². The molecule has 3 heterocycles. The number of halogens is 3. The molecule has 0 spiro atoms. The lowest BCUT2D eigenvalue weighted by Crippen LogP contribution is -2.34. The van der Waals surface area contributed by atoms with Crippen LogP contribution >= 0.6 is 0 Å². The third kappa shape index (κ3) is 4.25. The number of nitrogens with zero attached hydrogens (tertiary/aromatic N) is 6. The molecular formula is C31H25F3N6O2. The molecule has 8 nitrogen and oxygen atoms in total. The van der Waals surface area contributed by atoms with E-state index in [9.17, 15) is 23.1 Å². The number of fused-ring (bicyclic) bond motifs is 1. The summed E-state index contributed by atoms with van der Waals surface area (Å²) < 4.78 is 44.5. The lowest BCUT2D eigenvalue weighted by molar-refractivity contribution is -0.138. The van der Waals surface area contributed by atoms with E-state index in [1.807, 2.05) is 6.07 Å². The third-order valence-corrected chi connectivity index (χ3v) is 8.56. The molecule has 2 aromatic heterocycles. The molecule has 2 aromatic carbocycles. The first-order chi connectivity index (χ1) is 20.1. The normalized spacial score (nSPS) is 17.6. The molecule has 0 radical (unpaired) electrons. The van der Waals surface area contributed by atoms with Crippen molar-refractivity contribution in [1.82, 2.24) is 19.7 Å². The van der Waals surface area contributed by atoms with Crippen molar-refractivity contribution in [3.63, 3.8) is 0 Å². The van der Waals surface area contributed by atoms with Crippen LogP contribution in [0.2, 0.25) is 0 Å². The number of anilines is 1. The SMILES string of the molecule is [C-]#[N+]c1ccc(-c2cc(C3CC3)nc(N3Cc4c(cc(C5(O)CCC5)cc4C(F)(F)F)C3=O)c2)c(-c2nncn2C)c1. The average molecular weight is 571 g/mol. The number of carbonyl (C=O) groups excluding carboxylic acids is 1. The van der Waals surface area contributed by atoms with Gasteiger partial charge >= 0.3 is 6.18 Å². The van der Waals surface area contributed by atoms with Gasteiger partial charge in [-0.05, 0) is 84.7 Å². The van der Waals surface area contributed by atoms with E-state index in [0.29, 0.717) is 41.9 Å². The molecule has 0 atom stereocenters. The molecule has 1 aliphatic heterocycles. The van der Waals surface area contributed by atoms with E-state index in [1.165, 1.54) is 11.0 Å². The average Bonchev–Trinajstić information content (AvgIpc) is 3.64. The molecule has 2 saturated carbocycles. The lowest BCUT2D eigenvalue weighted by atomic mass is 9.74. The van der Waals surface area contributed by atoms with Crippen LogP contribution in [0.5, 0.6) is 0 Å². The van der Waals surface area contributed by atoms with Crippen molar-refractivity contribution in [2.75, 3.05) is 4.90 Å². The van der Waals surface area contributed by atoms with Gasteiger partial charge in [-0.2, -0.15) is 13.2 Å². The first kappa shape index (κ1) is 26.3. The van der Waals surface area contributed by atoms with Crippen LogP contribution < -0.4 is 4.90 Å². The van der Waals surface area contributed by atoms with Crippen molar-refractivity contribution in [1.29, 1.82) is 0 Å². The molecule has 4 aromatic rings. The Hall–Kier alpha value is -4.56. The van der Waals surface area contributed by atoms with Crippen molar-refractivity contribution in [2.24, 2.45) is 7.05 Å². The highest BCUT2D eigenvalue weighted by molar-refractivity contribution is 6.10. The van der Waals surface area contributed by atoms with Crippen LogP contribution in [0, 0.1) is 6.57 Å². The van der Waals surface area contributed by atoms with Gasteiger partial charge in [0, 0.05) is 29.8 Å². The van der Waals surface area contributed by atoms with Crippen molar-refractivity contribution in [2.45, 2.75) is 56.3 Å². The molecule has 7 rings (SSSR count). The third-order valence-electron chi connectivity index (χ3n) is 8.56. The summed E-state index contributed by atoms with van der Waals surface area (Å²) in [7, 11) is 1.80. The number of aliphatic hydroxyl groups is 1. The zero-order valence-electron chi connectivity index (χ0n) is 22.6. The van der Waals surface area contributed by atoms with E-state index in [1.54, 1.807) is 42.2 Å². The lowest BCUT2D eigenvalue weighted by Gasteiger charge is -2.37. The predicted molar refractivity (Wildman–Crippen MR) is 148 cm³/mol. The molecule has 11 heteroatoms. The summed E-state index contributed by atoms with van der Waals surface area (Å²) in [5, 5.41) is 19.1. The maximum atomic E-state index is 14.3. The van der Waals surface area contributed by atoms with Gasteiger partial charge in [0.15, 0.2) is 11.5 Å². The quantitative estimate of drug-likeness (QED) is 0.276. The van der Waals surface area contributed by atoms with Crippen LogP contribution in [0.4, 0.5) is 24.7 Å². The smallest absolute Gasteiger partial charge is 0.385 e. The number of alkyl halides is 3. The van der Waals surface area contributed by atoms with Gasteiger partial charge in [0.05, 0.1) is 24.3 Å². The summed E-state index contributed by atoms with van der Waals surface area (Å²) >= 11 is 0. The Morgan fingerprint density at radius 2 is 1.86 bits per heavy atom. The van der Waals surface area contributed by atoms with Crippen molar-refractivity contribution in [3.05, 3.63) is 88.2 Å². The van der Waals surface area contributed by atoms with E-state index >= 15 is 0 Å². The molecule has 42 heavy (non-hydrogen) atoms. The summed E-state index contributed by atoms with van der Waals surface area (Å²) in [6, 6.07) is 11.3. The van der Waals surface area contributed by atoms with E-state index in [0.717, 1.165) is 30.2 Å². The van der Waals surface area contributed by atoms with Crippen LogP contribution in [-0.4, -0.2) is 30.8 Å². The van der Waals surface area contributed by atoms with Gasteiger partial charge in [-0.1, -0.05) is 12.1 Å². The molecule has 1 N–H and O–H groups in total. The highest BCUT2D eigenvalue weighted by atomic mass is 19.4. The Morgan fingerprint density at radius 1 is 1.07 bits per heavy atom. The van der Waals surface area contributed by atoms with Crippen LogP contribution in [0.3, 0.4) is 0 Å². The topological polar surface area (TPSA) is 88.5 Å². The van der Waals surface area contributed by atoms with Gasteiger partial charge in [-0.3, -0.25) is 9.69 Å². The van der Waals surface area contributed by atoms with Gasteiger partial charge in [-0.15, -0.1) is 10.2 Å². The summed E-state index contributed by atoms with van der Waals surface area (Å²) in [6.07, 6.45) is 0.145. The second-order valence-corrected chi connectivity index (χ2v) is 11.3. The molecule has 1 amide bonds. The molecular weight excluding hydrogens is 545 g/mol. The minimum absolute atomic E-state index is 0.0542. The Bertz CT molecular complexity index is 1810. The molecule has 2 aliphatic carbocycles. The van der Waals surface area contributed by atoms with Gasteiger partial charge in [0.2, 0.25) is 0 Å². The monoisotopic (exact) mass is 570 g/mol. The summed E-state index contributed by atoms with van der Waals surface area (Å²) in [5.41, 5.74) is 0.991. The first-order valence-corrected chi connectivity index (χ1v) is 13.7. The first-order valence-electron chi connectivity index (χ1n) is 13.7. The standard InChI is InChI=1S/C31H25F3N6O2/c1-35-20-6-7-21(22(14-20)28-38-36-16-39(28)2)18-10-26(17-4-5-17)37-27(11-18)40-15-24-23(29(40)41)12-19(30(42)8-3-9-30)13-25(24)31(32,33)34/h6-7,10-14,16-17,42H,3-5,8-9,15H2,2H3. The zero-order chi connectivity index (χ0) is 29.4. The maximum Gasteiger partial charge on any atom is 0.416 e. The fourth-order valence-corrected chi connectivity index (χ4v) is 5.90. The number of aryl methyl sites for hydroxylation is 1. The Labute approximate surface area is 239 Å². The Morgan fingerprint density at radius 3 is 2.48 bits per heavy atom. The molecule has 0 saturated heterocycles. The molecule has 2 fully saturated rings. The molecule has 0 unspecified atom stereocenters. The minimum atomic E-state index is -4.69. The van der Waals surface area contributed by atoms with E-state index < -0.39 is 23.2 Å². The number of amides is 1. The Balaban J connectivity index is 1.36. The summed E-state index contributed by atoms with van der Waals surface area (Å²) in [6.45, 7) is 7.21.